The van der Waals surface area contributed by atoms with E-state index in [1.165, 1.54) is 0 Å². The molecule has 0 aliphatic rings. The summed E-state index contributed by atoms with van der Waals surface area (Å²) >= 11 is 0. The van der Waals surface area contributed by atoms with Gasteiger partial charge in [0.2, 0.25) is 0 Å². The lowest BCUT2D eigenvalue weighted by Crippen LogP contribution is -2.50. The van der Waals surface area contributed by atoms with E-state index in [-0.39, 0.29) is 12.2 Å². The largest absolute Gasteiger partial charge is 0.408 e. The molecule has 1 rings (SSSR count). The van der Waals surface area contributed by atoms with Crippen LogP contribution in [0.2, 0.25) is 36.3 Å². The van der Waals surface area contributed by atoms with Crippen LogP contribution in [0.3, 0.4) is 0 Å². The number of hydrogen-bond acceptors (Lipinski definition) is 3. The standard InChI is InChI=1S/C24H44O3Si2/c1-8-18-22(25)24(27-29(12-5,13-6)14-7)23(21-19-16-15-17-20-21)26-28(9-2,10-3)11-4/h8,15-17,19-20,22-25H,1,9-14,18H2,2-7H3/t22-,23+,24-/m0/s1. The molecule has 0 saturated carbocycles. The minimum Gasteiger partial charge on any atom is -0.408 e. The number of rotatable bonds is 15. The maximum Gasteiger partial charge on any atom is 0.193 e. The first-order valence-electron chi connectivity index (χ1n) is 11.6. The van der Waals surface area contributed by atoms with Gasteiger partial charge in [0, 0.05) is 0 Å². The lowest BCUT2D eigenvalue weighted by atomic mass is 9.99. The summed E-state index contributed by atoms with van der Waals surface area (Å²) in [6.45, 7) is 17.3. The number of aliphatic hydroxyl groups is 1. The highest BCUT2D eigenvalue weighted by Crippen LogP contribution is 2.37. The van der Waals surface area contributed by atoms with Crippen molar-refractivity contribution in [2.75, 3.05) is 0 Å². The van der Waals surface area contributed by atoms with Gasteiger partial charge in [-0.15, -0.1) is 6.58 Å². The Kier molecular flexibility index (Phi) is 11.7. The fourth-order valence-corrected chi connectivity index (χ4v) is 9.84. The Morgan fingerprint density at radius 1 is 0.828 bits per heavy atom. The van der Waals surface area contributed by atoms with Crippen LogP contribution in [0, 0.1) is 0 Å². The van der Waals surface area contributed by atoms with Crippen molar-refractivity contribution in [3.8, 4) is 0 Å². The predicted octanol–water partition coefficient (Wildman–Crippen LogP) is 7.08. The molecule has 0 aliphatic carbocycles. The molecule has 0 aliphatic heterocycles. The Morgan fingerprint density at radius 3 is 1.69 bits per heavy atom. The quantitative estimate of drug-likeness (QED) is 0.236. The summed E-state index contributed by atoms with van der Waals surface area (Å²) in [6, 6.07) is 16.8. The van der Waals surface area contributed by atoms with Gasteiger partial charge in [-0.25, -0.2) is 0 Å². The lowest BCUT2D eigenvalue weighted by Gasteiger charge is -2.43. The van der Waals surface area contributed by atoms with Gasteiger partial charge in [-0.2, -0.15) is 0 Å². The molecule has 3 nitrogen and oxygen atoms in total. The van der Waals surface area contributed by atoms with Crippen molar-refractivity contribution in [3.63, 3.8) is 0 Å². The summed E-state index contributed by atoms with van der Waals surface area (Å²) in [5.74, 6) is 0. The normalized spacial score (nSPS) is 15.7. The number of benzene rings is 1. The van der Waals surface area contributed by atoms with Gasteiger partial charge in [0.1, 0.15) is 6.10 Å². The second kappa shape index (κ2) is 12.9. The zero-order valence-electron chi connectivity index (χ0n) is 19.6. The zero-order chi connectivity index (χ0) is 21.9. The molecule has 1 aromatic rings. The fraction of sp³-hybridized carbons (Fsp3) is 0.667. The van der Waals surface area contributed by atoms with Gasteiger partial charge in [-0.05, 0) is 48.2 Å². The molecular formula is C24H44O3Si2. The second-order valence-corrected chi connectivity index (χ2v) is 17.6. The summed E-state index contributed by atoms with van der Waals surface area (Å²) in [5.41, 5.74) is 1.11. The van der Waals surface area contributed by atoms with E-state index in [0.29, 0.717) is 6.42 Å². The average molecular weight is 437 g/mol. The third-order valence-electron chi connectivity index (χ3n) is 6.84. The first-order chi connectivity index (χ1) is 13.9. The molecule has 0 bridgehead atoms. The summed E-state index contributed by atoms with van der Waals surface area (Å²) in [6.07, 6.45) is 1.08. The van der Waals surface area contributed by atoms with E-state index in [1.807, 2.05) is 6.07 Å². The van der Waals surface area contributed by atoms with E-state index in [4.69, 9.17) is 8.85 Å². The highest BCUT2D eigenvalue weighted by Gasteiger charge is 2.42. The lowest BCUT2D eigenvalue weighted by molar-refractivity contribution is -0.0438. The predicted molar refractivity (Wildman–Crippen MR) is 130 cm³/mol. The van der Waals surface area contributed by atoms with Crippen LogP contribution in [0.1, 0.15) is 59.6 Å². The van der Waals surface area contributed by atoms with Crippen LogP contribution in [-0.2, 0) is 8.85 Å². The number of aliphatic hydroxyl groups excluding tert-OH is 1. The SMILES string of the molecule is C=CC[C@H](O)[C@H](O[Si](CC)(CC)CC)[C@H](O[Si](CC)(CC)CC)c1ccccc1. The monoisotopic (exact) mass is 436 g/mol. The minimum atomic E-state index is -1.93. The molecule has 0 saturated heterocycles. The summed E-state index contributed by atoms with van der Waals surface area (Å²) in [4.78, 5) is 0. The Morgan fingerprint density at radius 2 is 1.28 bits per heavy atom. The second-order valence-electron chi connectivity index (χ2n) is 8.11. The first kappa shape index (κ1) is 26.3. The fourth-order valence-electron chi connectivity index (χ4n) is 4.17. The molecule has 3 atom stereocenters. The Balaban J connectivity index is 3.47. The third-order valence-corrected chi connectivity index (χ3v) is 16.1. The van der Waals surface area contributed by atoms with Gasteiger partial charge in [0.05, 0.1) is 12.2 Å². The van der Waals surface area contributed by atoms with E-state index in [1.54, 1.807) is 6.08 Å². The molecule has 1 N–H and O–H groups in total. The minimum absolute atomic E-state index is 0.241. The molecule has 5 heteroatoms. The maximum absolute atomic E-state index is 11.2. The van der Waals surface area contributed by atoms with Crippen LogP contribution in [0.4, 0.5) is 0 Å². The molecule has 29 heavy (non-hydrogen) atoms. The molecule has 0 heterocycles. The van der Waals surface area contributed by atoms with E-state index in [0.717, 1.165) is 41.8 Å². The van der Waals surface area contributed by atoms with Crippen molar-refractivity contribution < 1.29 is 14.0 Å². The van der Waals surface area contributed by atoms with Crippen molar-refractivity contribution in [1.29, 1.82) is 0 Å². The molecule has 0 spiro atoms. The molecule has 0 unspecified atom stereocenters. The Labute approximate surface area is 181 Å². The van der Waals surface area contributed by atoms with Crippen LogP contribution in [0.25, 0.3) is 0 Å². The van der Waals surface area contributed by atoms with Crippen LogP contribution in [0.15, 0.2) is 43.0 Å². The van der Waals surface area contributed by atoms with E-state index >= 15 is 0 Å². The van der Waals surface area contributed by atoms with Gasteiger partial charge in [-0.3, -0.25) is 0 Å². The maximum atomic E-state index is 11.2. The van der Waals surface area contributed by atoms with E-state index < -0.39 is 22.7 Å². The summed E-state index contributed by atoms with van der Waals surface area (Å²) < 4.78 is 14.0. The highest BCUT2D eigenvalue weighted by atomic mass is 28.4. The smallest absolute Gasteiger partial charge is 0.193 e. The molecule has 0 amide bonds. The molecule has 0 radical (unpaired) electrons. The van der Waals surface area contributed by atoms with Crippen LogP contribution in [-0.4, -0.2) is 33.9 Å². The summed E-state index contributed by atoms with van der Waals surface area (Å²) in [5, 5.41) is 11.2. The van der Waals surface area contributed by atoms with Crippen molar-refractivity contribution in [3.05, 3.63) is 48.6 Å². The molecule has 0 fully saturated rings. The molecule has 166 valence electrons. The Hall–Kier alpha value is -0.726. The van der Waals surface area contributed by atoms with Gasteiger partial charge in [0.25, 0.3) is 0 Å². The summed E-state index contributed by atoms with van der Waals surface area (Å²) in [7, 11) is -3.84. The van der Waals surface area contributed by atoms with Crippen LogP contribution in [0.5, 0.6) is 0 Å². The van der Waals surface area contributed by atoms with Crippen LogP contribution >= 0.6 is 0 Å². The molecular weight excluding hydrogens is 392 g/mol. The van der Waals surface area contributed by atoms with Gasteiger partial charge >= 0.3 is 0 Å². The van der Waals surface area contributed by atoms with Crippen molar-refractivity contribution in [2.24, 2.45) is 0 Å². The van der Waals surface area contributed by atoms with Crippen molar-refractivity contribution >= 4 is 16.6 Å². The van der Waals surface area contributed by atoms with E-state index in [2.05, 4.69) is 72.4 Å². The van der Waals surface area contributed by atoms with Crippen molar-refractivity contribution in [1.82, 2.24) is 0 Å². The van der Waals surface area contributed by atoms with Crippen LogP contribution < -0.4 is 0 Å². The highest BCUT2D eigenvalue weighted by molar-refractivity contribution is 6.74. The topological polar surface area (TPSA) is 38.7 Å². The Bertz CT molecular complexity index is 554. The van der Waals surface area contributed by atoms with E-state index in [9.17, 15) is 5.11 Å². The first-order valence-corrected chi connectivity index (χ1v) is 16.7. The molecule has 1 aromatic carbocycles. The van der Waals surface area contributed by atoms with Crippen molar-refractivity contribution in [2.45, 2.75) is 103 Å². The number of hydrogen-bond donors (Lipinski definition) is 1. The molecule has 0 aromatic heterocycles. The van der Waals surface area contributed by atoms with Gasteiger partial charge in [-0.1, -0.05) is 78.0 Å². The van der Waals surface area contributed by atoms with Gasteiger partial charge < -0.3 is 14.0 Å². The average Bonchev–Trinajstić information content (AvgIpc) is 2.78. The third kappa shape index (κ3) is 6.89. The zero-order valence-corrected chi connectivity index (χ0v) is 21.6. The van der Waals surface area contributed by atoms with Gasteiger partial charge in [0.15, 0.2) is 16.6 Å².